The topological polar surface area (TPSA) is 41.9 Å². The van der Waals surface area contributed by atoms with Crippen molar-refractivity contribution in [3.8, 4) is 5.75 Å². The lowest BCUT2D eigenvalue weighted by atomic mass is 10.1. The van der Waals surface area contributed by atoms with Crippen LogP contribution < -0.4 is 9.64 Å². The SMILES string of the molecule is CCCCCCCCOc1ccc(Br)cc1/C=C1/SC(=Nc2ccc(Cl)cc2)N(c2ccc(Cl)cc2)C1=O. The number of anilines is 1. The second kappa shape index (κ2) is 14.2. The van der Waals surface area contributed by atoms with Crippen molar-refractivity contribution in [2.24, 2.45) is 4.99 Å². The molecule has 1 heterocycles. The van der Waals surface area contributed by atoms with Crippen molar-refractivity contribution in [1.29, 1.82) is 0 Å². The molecule has 1 fully saturated rings. The molecule has 1 saturated heterocycles. The Kier molecular flexibility index (Phi) is 10.8. The van der Waals surface area contributed by atoms with Crippen LogP contribution in [0.3, 0.4) is 0 Å². The molecule has 3 aromatic rings. The van der Waals surface area contributed by atoms with Crippen LogP contribution in [-0.2, 0) is 4.79 Å². The summed E-state index contributed by atoms with van der Waals surface area (Å²) in [7, 11) is 0. The number of aliphatic imine (C=N–C) groups is 1. The number of hydrogen-bond acceptors (Lipinski definition) is 4. The van der Waals surface area contributed by atoms with Crippen LogP contribution in [0.15, 0.2) is 81.1 Å². The van der Waals surface area contributed by atoms with Gasteiger partial charge in [0, 0.05) is 20.1 Å². The summed E-state index contributed by atoms with van der Waals surface area (Å²) in [6.45, 7) is 2.87. The normalized spacial score (nSPS) is 15.6. The van der Waals surface area contributed by atoms with E-state index < -0.39 is 0 Å². The number of carbonyl (C=O) groups is 1. The van der Waals surface area contributed by atoms with Gasteiger partial charge in [-0.05, 0) is 91.0 Å². The minimum atomic E-state index is -0.160. The Morgan fingerprint density at radius 3 is 2.29 bits per heavy atom. The van der Waals surface area contributed by atoms with Gasteiger partial charge in [-0.25, -0.2) is 4.99 Å². The number of thioether (sulfide) groups is 1. The molecule has 198 valence electrons. The summed E-state index contributed by atoms with van der Waals surface area (Å²) in [5.74, 6) is 0.593. The molecule has 0 aliphatic carbocycles. The Morgan fingerprint density at radius 2 is 1.58 bits per heavy atom. The van der Waals surface area contributed by atoms with Crippen LogP contribution in [0.4, 0.5) is 11.4 Å². The highest BCUT2D eigenvalue weighted by molar-refractivity contribution is 9.10. The van der Waals surface area contributed by atoms with Gasteiger partial charge in [-0.2, -0.15) is 0 Å². The van der Waals surface area contributed by atoms with Gasteiger partial charge in [-0.1, -0.05) is 78.2 Å². The number of nitrogens with zero attached hydrogens (tertiary/aromatic N) is 2. The fourth-order valence-corrected chi connectivity index (χ4v) is 5.58. The zero-order valence-electron chi connectivity index (χ0n) is 21.1. The average molecular weight is 632 g/mol. The van der Waals surface area contributed by atoms with Gasteiger partial charge in [-0.3, -0.25) is 9.69 Å². The van der Waals surface area contributed by atoms with Crippen molar-refractivity contribution >= 4 is 79.4 Å². The zero-order chi connectivity index (χ0) is 26.9. The third-order valence-corrected chi connectivity index (χ3v) is 7.92. The molecule has 0 saturated carbocycles. The molecule has 1 aliphatic heterocycles. The van der Waals surface area contributed by atoms with E-state index in [1.807, 2.05) is 48.5 Å². The molecule has 1 aliphatic rings. The standard InChI is InChI=1S/C30H29BrCl2N2O2S/c1-2-3-4-5-6-7-18-37-27-17-8-22(31)19-21(27)20-28-29(36)35(26-15-11-24(33)12-16-26)30(38-28)34-25-13-9-23(32)10-14-25/h8-17,19-20H,2-7,18H2,1H3/b28-20+,34-30?. The van der Waals surface area contributed by atoms with Crippen molar-refractivity contribution in [3.05, 3.63) is 91.7 Å². The minimum absolute atomic E-state index is 0.160. The number of hydrogen-bond donors (Lipinski definition) is 0. The first kappa shape index (κ1) is 28.8. The molecular formula is C30H29BrCl2N2O2S. The van der Waals surface area contributed by atoms with Gasteiger partial charge in [0.2, 0.25) is 0 Å². The third-order valence-electron chi connectivity index (χ3n) is 5.96. The van der Waals surface area contributed by atoms with E-state index in [2.05, 4.69) is 22.9 Å². The molecule has 0 aromatic heterocycles. The fraction of sp³-hybridized carbons (Fsp3) is 0.267. The highest BCUT2D eigenvalue weighted by Gasteiger charge is 2.35. The summed E-state index contributed by atoms with van der Waals surface area (Å²) in [6.07, 6.45) is 9.07. The molecule has 3 aromatic carbocycles. The van der Waals surface area contributed by atoms with Gasteiger partial charge in [0.25, 0.3) is 5.91 Å². The molecule has 0 N–H and O–H groups in total. The van der Waals surface area contributed by atoms with Gasteiger partial charge < -0.3 is 4.74 Å². The molecule has 4 rings (SSSR count). The highest BCUT2D eigenvalue weighted by atomic mass is 79.9. The first-order valence-electron chi connectivity index (χ1n) is 12.7. The average Bonchev–Trinajstić information content (AvgIpc) is 3.20. The van der Waals surface area contributed by atoms with E-state index in [-0.39, 0.29) is 5.91 Å². The first-order valence-corrected chi connectivity index (χ1v) is 15.1. The van der Waals surface area contributed by atoms with Crippen LogP contribution in [0.25, 0.3) is 6.08 Å². The third kappa shape index (κ3) is 7.89. The van der Waals surface area contributed by atoms with E-state index in [1.165, 1.54) is 37.4 Å². The molecule has 0 spiro atoms. The molecular weight excluding hydrogens is 603 g/mol. The fourth-order valence-electron chi connectivity index (χ4n) is 3.96. The van der Waals surface area contributed by atoms with Gasteiger partial charge >= 0.3 is 0 Å². The number of amides is 1. The van der Waals surface area contributed by atoms with Crippen LogP contribution in [0, 0.1) is 0 Å². The molecule has 0 bridgehead atoms. The van der Waals surface area contributed by atoms with Crippen LogP contribution in [0.5, 0.6) is 5.75 Å². The number of rotatable bonds is 11. The van der Waals surface area contributed by atoms with Crippen molar-refractivity contribution in [2.75, 3.05) is 11.5 Å². The molecule has 8 heteroatoms. The lowest BCUT2D eigenvalue weighted by Gasteiger charge is -2.15. The van der Waals surface area contributed by atoms with E-state index >= 15 is 0 Å². The summed E-state index contributed by atoms with van der Waals surface area (Å²) in [4.78, 5) is 20.6. The Balaban J connectivity index is 1.60. The summed E-state index contributed by atoms with van der Waals surface area (Å²) in [5, 5.41) is 1.78. The maximum absolute atomic E-state index is 13.7. The van der Waals surface area contributed by atoms with Gasteiger partial charge in [0.1, 0.15) is 5.75 Å². The first-order chi connectivity index (χ1) is 18.4. The van der Waals surface area contributed by atoms with Crippen LogP contribution in [0.2, 0.25) is 10.0 Å². The summed E-state index contributed by atoms with van der Waals surface area (Å²) in [6, 6.07) is 20.2. The number of carbonyl (C=O) groups excluding carboxylic acids is 1. The van der Waals surface area contributed by atoms with Crippen molar-refractivity contribution in [1.82, 2.24) is 0 Å². The van der Waals surface area contributed by atoms with Crippen LogP contribution in [0.1, 0.15) is 51.0 Å². The lowest BCUT2D eigenvalue weighted by molar-refractivity contribution is -0.113. The van der Waals surface area contributed by atoms with E-state index in [1.54, 1.807) is 29.2 Å². The summed E-state index contributed by atoms with van der Waals surface area (Å²) >= 11 is 17.0. The van der Waals surface area contributed by atoms with Crippen molar-refractivity contribution in [2.45, 2.75) is 45.4 Å². The molecule has 0 atom stereocenters. The van der Waals surface area contributed by atoms with Crippen molar-refractivity contribution in [3.63, 3.8) is 0 Å². The van der Waals surface area contributed by atoms with Crippen molar-refractivity contribution < 1.29 is 9.53 Å². The molecule has 0 radical (unpaired) electrons. The largest absolute Gasteiger partial charge is 0.493 e. The lowest BCUT2D eigenvalue weighted by Crippen LogP contribution is -2.28. The molecule has 0 unspecified atom stereocenters. The highest BCUT2D eigenvalue weighted by Crippen LogP contribution is 2.39. The van der Waals surface area contributed by atoms with Crippen LogP contribution >= 0.6 is 50.9 Å². The molecule has 38 heavy (non-hydrogen) atoms. The second-order valence-corrected chi connectivity index (χ2v) is 11.7. The van der Waals surface area contributed by atoms with Crippen LogP contribution in [-0.4, -0.2) is 17.7 Å². The molecule has 1 amide bonds. The van der Waals surface area contributed by atoms with E-state index in [0.717, 1.165) is 28.6 Å². The second-order valence-electron chi connectivity index (χ2n) is 8.90. The van der Waals surface area contributed by atoms with Gasteiger partial charge in [0.05, 0.1) is 22.9 Å². The number of halogens is 3. The van der Waals surface area contributed by atoms with E-state index in [0.29, 0.717) is 38.1 Å². The van der Waals surface area contributed by atoms with E-state index in [4.69, 9.17) is 32.9 Å². The Morgan fingerprint density at radius 1 is 0.921 bits per heavy atom. The number of ether oxygens (including phenoxy) is 1. The Hall–Kier alpha value is -2.25. The Labute approximate surface area is 247 Å². The summed E-state index contributed by atoms with van der Waals surface area (Å²) in [5.41, 5.74) is 2.23. The number of benzene rings is 3. The van der Waals surface area contributed by atoms with Gasteiger partial charge in [0.15, 0.2) is 5.17 Å². The van der Waals surface area contributed by atoms with Gasteiger partial charge in [-0.15, -0.1) is 0 Å². The maximum Gasteiger partial charge on any atom is 0.271 e. The zero-order valence-corrected chi connectivity index (χ0v) is 25.0. The minimum Gasteiger partial charge on any atom is -0.493 e. The smallest absolute Gasteiger partial charge is 0.271 e. The molecule has 4 nitrogen and oxygen atoms in total. The predicted octanol–water partition coefficient (Wildman–Crippen LogP) is 10.3. The van der Waals surface area contributed by atoms with E-state index in [9.17, 15) is 4.79 Å². The summed E-state index contributed by atoms with van der Waals surface area (Å²) < 4.78 is 7.06. The quantitative estimate of drug-likeness (QED) is 0.156. The number of amidine groups is 1. The number of unbranched alkanes of at least 4 members (excludes halogenated alkanes) is 5. The Bertz CT molecular complexity index is 1310. The maximum atomic E-state index is 13.7. The predicted molar refractivity (Wildman–Crippen MR) is 166 cm³/mol. The monoisotopic (exact) mass is 630 g/mol.